The van der Waals surface area contributed by atoms with E-state index in [4.69, 9.17) is 27.9 Å². The van der Waals surface area contributed by atoms with E-state index < -0.39 is 21.6 Å². The SMILES string of the molecule is CC(=O)OC(n1c(C)c(-c2ccc(Cl)cc2)c2cc(Cl)ccc21)S(=O)(=O)O. The molecule has 1 heterocycles. The van der Waals surface area contributed by atoms with Crippen molar-refractivity contribution in [1.82, 2.24) is 4.57 Å². The molecule has 0 saturated heterocycles. The molecule has 3 rings (SSSR count). The Morgan fingerprint density at radius 3 is 2.26 bits per heavy atom. The number of aromatic nitrogens is 1. The number of nitrogens with zero attached hydrogens (tertiary/aromatic N) is 1. The number of rotatable bonds is 4. The molecule has 0 amide bonds. The Kier molecular flexibility index (Phi) is 5.22. The van der Waals surface area contributed by atoms with E-state index in [1.165, 1.54) is 4.57 Å². The molecule has 0 bridgehead atoms. The predicted octanol–water partition coefficient (Wildman–Crippen LogP) is 4.83. The van der Waals surface area contributed by atoms with Gasteiger partial charge in [0.2, 0.25) is 0 Å². The first-order chi connectivity index (χ1) is 12.6. The average Bonchev–Trinajstić information content (AvgIpc) is 2.83. The molecule has 0 aliphatic carbocycles. The normalized spacial score (nSPS) is 12.9. The van der Waals surface area contributed by atoms with Crippen molar-refractivity contribution in [3.05, 3.63) is 58.2 Å². The Morgan fingerprint density at radius 1 is 1.11 bits per heavy atom. The number of carbonyl (C=O) groups is 1. The van der Waals surface area contributed by atoms with Crippen LogP contribution in [-0.4, -0.2) is 23.5 Å². The standard InChI is InChI=1S/C18H15Cl2NO5S/c1-10-17(12-3-5-13(19)6-4-12)15-9-14(20)7-8-16(15)21(10)18(26-11(2)22)27(23,24)25/h3-9,18H,1-2H3,(H,23,24,25). The second-order valence-electron chi connectivity index (χ2n) is 5.93. The van der Waals surface area contributed by atoms with Gasteiger partial charge >= 0.3 is 21.6 Å². The number of fused-ring (bicyclic) bond motifs is 1. The van der Waals surface area contributed by atoms with Crippen LogP contribution in [0, 0.1) is 6.92 Å². The lowest BCUT2D eigenvalue weighted by Gasteiger charge is -2.19. The van der Waals surface area contributed by atoms with Crippen molar-refractivity contribution in [2.45, 2.75) is 19.4 Å². The van der Waals surface area contributed by atoms with Crippen LogP contribution in [0.25, 0.3) is 22.0 Å². The first kappa shape index (κ1) is 19.7. The maximum Gasteiger partial charge on any atom is 0.324 e. The van der Waals surface area contributed by atoms with E-state index in [1.54, 1.807) is 49.4 Å². The van der Waals surface area contributed by atoms with Gasteiger partial charge in [-0.1, -0.05) is 35.3 Å². The minimum absolute atomic E-state index is 0.436. The average molecular weight is 428 g/mol. The zero-order valence-electron chi connectivity index (χ0n) is 14.3. The topological polar surface area (TPSA) is 85.6 Å². The summed E-state index contributed by atoms with van der Waals surface area (Å²) in [4.78, 5) is 11.4. The van der Waals surface area contributed by atoms with Crippen molar-refractivity contribution in [2.75, 3.05) is 0 Å². The third kappa shape index (κ3) is 3.82. The highest BCUT2D eigenvalue weighted by atomic mass is 35.5. The Bertz CT molecular complexity index is 1140. The third-order valence-electron chi connectivity index (χ3n) is 4.08. The van der Waals surface area contributed by atoms with Gasteiger partial charge < -0.3 is 4.74 Å². The quantitative estimate of drug-likeness (QED) is 0.475. The molecule has 0 fully saturated rings. The molecule has 0 aliphatic heterocycles. The van der Waals surface area contributed by atoms with Crippen molar-refractivity contribution in [3.8, 4) is 11.1 Å². The highest BCUT2D eigenvalue weighted by Gasteiger charge is 2.32. The predicted molar refractivity (Wildman–Crippen MR) is 104 cm³/mol. The highest BCUT2D eigenvalue weighted by molar-refractivity contribution is 7.85. The van der Waals surface area contributed by atoms with Crippen molar-refractivity contribution in [2.24, 2.45) is 0 Å². The first-order valence-corrected chi connectivity index (χ1v) is 10.0. The summed E-state index contributed by atoms with van der Waals surface area (Å²) < 4.78 is 39.7. The molecule has 1 aromatic heterocycles. The largest absolute Gasteiger partial charge is 0.424 e. The van der Waals surface area contributed by atoms with Gasteiger partial charge in [0.25, 0.3) is 0 Å². The number of halogens is 2. The van der Waals surface area contributed by atoms with E-state index >= 15 is 0 Å². The van der Waals surface area contributed by atoms with E-state index in [9.17, 15) is 17.8 Å². The van der Waals surface area contributed by atoms with E-state index in [2.05, 4.69) is 0 Å². The van der Waals surface area contributed by atoms with Crippen LogP contribution in [0.1, 0.15) is 18.2 Å². The lowest BCUT2D eigenvalue weighted by molar-refractivity contribution is -0.146. The fourth-order valence-corrected chi connectivity index (χ4v) is 4.15. The minimum Gasteiger partial charge on any atom is -0.424 e. The second kappa shape index (κ2) is 7.16. The lowest BCUT2D eigenvalue weighted by atomic mass is 10.0. The Labute approximate surface area is 166 Å². The summed E-state index contributed by atoms with van der Waals surface area (Å²) in [5.41, 5.74) is 0.439. The Morgan fingerprint density at radius 2 is 1.70 bits per heavy atom. The van der Waals surface area contributed by atoms with E-state index in [0.29, 0.717) is 32.2 Å². The molecule has 142 valence electrons. The van der Waals surface area contributed by atoms with Gasteiger partial charge in [-0.25, -0.2) is 0 Å². The lowest BCUT2D eigenvalue weighted by Crippen LogP contribution is -2.25. The van der Waals surface area contributed by atoms with Gasteiger partial charge in [0, 0.05) is 33.6 Å². The van der Waals surface area contributed by atoms with Crippen LogP contribution in [0.3, 0.4) is 0 Å². The highest BCUT2D eigenvalue weighted by Crippen LogP contribution is 2.39. The van der Waals surface area contributed by atoms with Crippen LogP contribution in [0.2, 0.25) is 10.0 Å². The smallest absolute Gasteiger partial charge is 0.324 e. The molecule has 0 radical (unpaired) electrons. The van der Waals surface area contributed by atoms with E-state index in [0.717, 1.165) is 12.5 Å². The van der Waals surface area contributed by atoms with Gasteiger partial charge in [0.05, 0.1) is 5.52 Å². The van der Waals surface area contributed by atoms with Crippen LogP contribution in [0.4, 0.5) is 0 Å². The van der Waals surface area contributed by atoms with Gasteiger partial charge in [0.15, 0.2) is 0 Å². The van der Waals surface area contributed by atoms with Gasteiger partial charge in [0.1, 0.15) is 0 Å². The van der Waals surface area contributed by atoms with Crippen molar-refractivity contribution in [1.29, 1.82) is 0 Å². The molecule has 2 aromatic carbocycles. The molecular weight excluding hydrogens is 413 g/mol. The molecule has 9 heteroatoms. The molecule has 0 saturated carbocycles. The molecule has 3 aromatic rings. The molecule has 0 spiro atoms. The molecule has 1 N–H and O–H groups in total. The van der Waals surface area contributed by atoms with Crippen LogP contribution in [-0.2, 0) is 19.6 Å². The second-order valence-corrected chi connectivity index (χ2v) is 8.24. The van der Waals surface area contributed by atoms with Crippen molar-refractivity contribution in [3.63, 3.8) is 0 Å². The summed E-state index contributed by atoms with van der Waals surface area (Å²) in [6.07, 6.45) is 0. The van der Waals surface area contributed by atoms with Crippen LogP contribution < -0.4 is 0 Å². The number of esters is 1. The van der Waals surface area contributed by atoms with Gasteiger partial charge in [-0.2, -0.15) is 8.42 Å². The first-order valence-electron chi connectivity index (χ1n) is 7.79. The molecule has 0 aliphatic rings. The molecule has 1 unspecified atom stereocenters. The zero-order valence-corrected chi connectivity index (χ0v) is 16.6. The summed E-state index contributed by atoms with van der Waals surface area (Å²) in [7, 11) is -4.75. The summed E-state index contributed by atoms with van der Waals surface area (Å²) in [5, 5.41) is 1.64. The Balaban J connectivity index is 2.39. The zero-order chi connectivity index (χ0) is 19.9. The number of carbonyl (C=O) groups excluding carboxylic acids is 1. The summed E-state index contributed by atoms with van der Waals surface area (Å²) in [5.74, 6) is -0.846. The molecular formula is C18H15Cl2NO5S. The molecule has 6 nitrogen and oxygen atoms in total. The van der Waals surface area contributed by atoms with Crippen LogP contribution in [0.5, 0.6) is 0 Å². The van der Waals surface area contributed by atoms with Crippen LogP contribution >= 0.6 is 23.2 Å². The fraction of sp³-hybridized carbons (Fsp3) is 0.167. The van der Waals surface area contributed by atoms with E-state index in [1.807, 2.05) is 0 Å². The van der Waals surface area contributed by atoms with Gasteiger partial charge in [-0.15, -0.1) is 0 Å². The summed E-state index contributed by atoms with van der Waals surface area (Å²) in [6, 6.07) is 11.8. The van der Waals surface area contributed by atoms with Crippen molar-refractivity contribution >= 4 is 50.2 Å². The maximum atomic E-state index is 11.9. The van der Waals surface area contributed by atoms with E-state index in [-0.39, 0.29) is 0 Å². The summed E-state index contributed by atoms with van der Waals surface area (Å²) in [6.45, 7) is 2.73. The third-order valence-corrected chi connectivity index (χ3v) is 5.38. The fourth-order valence-electron chi connectivity index (χ4n) is 3.06. The number of hydrogen-bond donors (Lipinski definition) is 1. The van der Waals surface area contributed by atoms with Crippen molar-refractivity contribution < 1.29 is 22.5 Å². The number of ether oxygens (including phenoxy) is 1. The van der Waals surface area contributed by atoms with Crippen LogP contribution in [0.15, 0.2) is 42.5 Å². The molecule has 27 heavy (non-hydrogen) atoms. The minimum atomic E-state index is -4.75. The summed E-state index contributed by atoms with van der Waals surface area (Å²) >= 11 is 12.1. The number of benzene rings is 2. The number of hydrogen-bond acceptors (Lipinski definition) is 4. The maximum absolute atomic E-state index is 11.9. The molecule has 1 atom stereocenters. The monoisotopic (exact) mass is 427 g/mol. The van der Waals surface area contributed by atoms with Gasteiger partial charge in [-0.3, -0.25) is 13.9 Å². The Hall–Kier alpha value is -2.06. The van der Waals surface area contributed by atoms with Gasteiger partial charge in [-0.05, 0) is 42.8 Å².